The minimum Gasteiger partial charge on any atom is -0.310 e. The molecule has 2 nitrogen and oxygen atoms in total. The smallest absolute Gasteiger partial charge is 0.204 e. The molecule has 0 saturated heterocycles. The van der Waals surface area contributed by atoms with Crippen LogP contribution >= 0.6 is 23.2 Å². The van der Waals surface area contributed by atoms with Gasteiger partial charge < -0.3 is 4.57 Å². The van der Waals surface area contributed by atoms with Gasteiger partial charge >= 0.3 is 0 Å². The van der Waals surface area contributed by atoms with Crippen molar-refractivity contribution in [3.05, 3.63) is 64.4 Å². The fourth-order valence-electron chi connectivity index (χ4n) is 2.00. The van der Waals surface area contributed by atoms with Crippen LogP contribution in [-0.4, -0.2) is 9.55 Å². The fraction of sp³-hybridized carbons (Fsp3) is 0.0714. The van der Waals surface area contributed by atoms with Crippen LogP contribution in [0.3, 0.4) is 0 Å². The molecule has 0 amide bonds. The van der Waals surface area contributed by atoms with Gasteiger partial charge in [-0.05, 0) is 29.3 Å². The Kier molecular flexibility index (Phi) is 2.98. The van der Waals surface area contributed by atoms with Gasteiger partial charge in [-0.1, -0.05) is 48.0 Å². The Balaban J connectivity index is 2.12. The van der Waals surface area contributed by atoms with Crippen molar-refractivity contribution in [2.24, 2.45) is 0 Å². The van der Waals surface area contributed by atoms with Gasteiger partial charge in [0.15, 0.2) is 0 Å². The summed E-state index contributed by atoms with van der Waals surface area (Å²) >= 11 is 12.3. The number of nitrogens with zero attached hydrogens (tertiary/aromatic N) is 2. The van der Waals surface area contributed by atoms with Crippen LogP contribution in [0.5, 0.6) is 0 Å². The van der Waals surface area contributed by atoms with E-state index in [4.69, 9.17) is 23.2 Å². The summed E-state index contributed by atoms with van der Waals surface area (Å²) in [5.41, 5.74) is 2.88. The van der Waals surface area contributed by atoms with Gasteiger partial charge in [0, 0.05) is 0 Å². The van der Waals surface area contributed by atoms with Crippen LogP contribution in [0, 0.1) is 0 Å². The molecule has 3 aromatic rings. The van der Waals surface area contributed by atoms with E-state index in [0.717, 1.165) is 11.0 Å². The SMILES string of the molecule is Clc1cccc2c1nc(Cl)n2Cc1ccccc1. The molecule has 4 heteroatoms. The molecule has 0 bridgehead atoms. The Morgan fingerprint density at radius 3 is 2.50 bits per heavy atom. The largest absolute Gasteiger partial charge is 0.310 e. The molecule has 0 aliphatic rings. The van der Waals surface area contributed by atoms with Gasteiger partial charge in [0.05, 0.1) is 17.1 Å². The van der Waals surface area contributed by atoms with Gasteiger partial charge in [-0.3, -0.25) is 0 Å². The first-order valence-electron chi connectivity index (χ1n) is 5.60. The predicted octanol–water partition coefficient (Wildman–Crippen LogP) is 4.39. The minimum absolute atomic E-state index is 0.460. The second-order valence-electron chi connectivity index (χ2n) is 4.06. The van der Waals surface area contributed by atoms with E-state index < -0.39 is 0 Å². The van der Waals surface area contributed by atoms with Crippen molar-refractivity contribution in [1.29, 1.82) is 0 Å². The van der Waals surface area contributed by atoms with E-state index in [1.54, 1.807) is 0 Å². The molecule has 0 fully saturated rings. The number of halogens is 2. The third-order valence-corrected chi connectivity index (χ3v) is 3.46. The Morgan fingerprint density at radius 1 is 0.944 bits per heavy atom. The van der Waals surface area contributed by atoms with E-state index in [1.807, 2.05) is 41.0 Å². The molecule has 0 atom stereocenters. The van der Waals surface area contributed by atoms with E-state index in [1.165, 1.54) is 5.56 Å². The van der Waals surface area contributed by atoms with Crippen molar-refractivity contribution in [2.45, 2.75) is 6.54 Å². The summed E-state index contributed by atoms with van der Waals surface area (Å²) in [6, 6.07) is 15.8. The van der Waals surface area contributed by atoms with Crippen molar-refractivity contribution >= 4 is 34.2 Å². The fourth-order valence-corrected chi connectivity index (χ4v) is 2.45. The van der Waals surface area contributed by atoms with Gasteiger partial charge in [0.2, 0.25) is 5.28 Å². The molecule has 90 valence electrons. The first-order chi connectivity index (χ1) is 8.75. The first kappa shape index (κ1) is 11.6. The Labute approximate surface area is 115 Å². The number of para-hydroxylation sites is 1. The van der Waals surface area contributed by atoms with Gasteiger partial charge in [-0.25, -0.2) is 4.98 Å². The average Bonchev–Trinajstić information content (AvgIpc) is 2.70. The molecule has 18 heavy (non-hydrogen) atoms. The normalized spacial score (nSPS) is 11.0. The maximum atomic E-state index is 6.18. The quantitative estimate of drug-likeness (QED) is 0.679. The van der Waals surface area contributed by atoms with Crippen molar-refractivity contribution in [3.63, 3.8) is 0 Å². The van der Waals surface area contributed by atoms with Crippen LogP contribution in [0.15, 0.2) is 48.5 Å². The zero-order valence-electron chi connectivity index (χ0n) is 9.48. The highest BCUT2D eigenvalue weighted by molar-refractivity contribution is 6.35. The van der Waals surface area contributed by atoms with Gasteiger partial charge in [-0.2, -0.15) is 0 Å². The molecule has 0 spiro atoms. The molecule has 0 aliphatic carbocycles. The number of hydrogen-bond donors (Lipinski definition) is 0. The van der Waals surface area contributed by atoms with Crippen LogP contribution in [-0.2, 0) is 6.54 Å². The summed E-state index contributed by atoms with van der Waals surface area (Å²) in [6.45, 7) is 0.691. The Morgan fingerprint density at radius 2 is 1.72 bits per heavy atom. The van der Waals surface area contributed by atoms with E-state index >= 15 is 0 Å². The summed E-state index contributed by atoms with van der Waals surface area (Å²) in [6.07, 6.45) is 0. The molecule has 0 radical (unpaired) electrons. The zero-order valence-corrected chi connectivity index (χ0v) is 11.0. The van der Waals surface area contributed by atoms with E-state index in [0.29, 0.717) is 16.9 Å². The zero-order chi connectivity index (χ0) is 12.5. The first-order valence-corrected chi connectivity index (χ1v) is 6.35. The lowest BCUT2D eigenvalue weighted by molar-refractivity contribution is 0.826. The van der Waals surface area contributed by atoms with Crippen molar-refractivity contribution in [1.82, 2.24) is 9.55 Å². The monoisotopic (exact) mass is 276 g/mol. The lowest BCUT2D eigenvalue weighted by atomic mass is 10.2. The van der Waals surface area contributed by atoms with E-state index in [9.17, 15) is 0 Å². The topological polar surface area (TPSA) is 17.8 Å². The number of benzene rings is 2. The Hall–Kier alpha value is -1.51. The van der Waals surface area contributed by atoms with Crippen LogP contribution in [0.2, 0.25) is 10.3 Å². The molecule has 0 saturated carbocycles. The summed E-state index contributed by atoms with van der Waals surface area (Å²) in [4.78, 5) is 4.31. The Bertz CT molecular complexity index is 690. The standard InChI is InChI=1S/C14H10Cl2N2/c15-11-7-4-8-12-13(11)17-14(16)18(12)9-10-5-2-1-3-6-10/h1-8H,9H2. The average molecular weight is 277 g/mol. The van der Waals surface area contributed by atoms with Gasteiger partial charge in [-0.15, -0.1) is 0 Å². The van der Waals surface area contributed by atoms with Crippen LogP contribution in [0.25, 0.3) is 11.0 Å². The van der Waals surface area contributed by atoms with Crippen LogP contribution in [0.4, 0.5) is 0 Å². The molecular formula is C14H10Cl2N2. The molecule has 0 N–H and O–H groups in total. The van der Waals surface area contributed by atoms with Crippen LogP contribution in [0.1, 0.15) is 5.56 Å². The maximum absolute atomic E-state index is 6.18. The highest BCUT2D eigenvalue weighted by Gasteiger charge is 2.11. The van der Waals surface area contributed by atoms with Gasteiger partial charge in [0.1, 0.15) is 5.52 Å². The molecule has 1 heterocycles. The molecule has 2 aromatic carbocycles. The lowest BCUT2D eigenvalue weighted by Crippen LogP contribution is -1.99. The summed E-state index contributed by atoms with van der Waals surface area (Å²) in [7, 11) is 0. The van der Waals surface area contributed by atoms with Crippen molar-refractivity contribution in [2.75, 3.05) is 0 Å². The second-order valence-corrected chi connectivity index (χ2v) is 4.81. The molecular weight excluding hydrogens is 267 g/mol. The predicted molar refractivity (Wildman–Crippen MR) is 75.3 cm³/mol. The molecule has 0 aliphatic heterocycles. The van der Waals surface area contributed by atoms with Gasteiger partial charge in [0.25, 0.3) is 0 Å². The summed E-state index contributed by atoms with van der Waals surface area (Å²) in [5.74, 6) is 0. The van der Waals surface area contributed by atoms with Crippen molar-refractivity contribution in [3.8, 4) is 0 Å². The highest BCUT2D eigenvalue weighted by atomic mass is 35.5. The number of rotatable bonds is 2. The maximum Gasteiger partial charge on any atom is 0.204 e. The third kappa shape index (κ3) is 1.98. The van der Waals surface area contributed by atoms with Crippen molar-refractivity contribution < 1.29 is 0 Å². The van der Waals surface area contributed by atoms with Crippen LogP contribution < -0.4 is 0 Å². The number of fused-ring (bicyclic) bond motifs is 1. The summed E-state index contributed by atoms with van der Waals surface area (Å²) < 4.78 is 1.96. The number of hydrogen-bond acceptors (Lipinski definition) is 1. The molecule has 1 aromatic heterocycles. The second kappa shape index (κ2) is 4.63. The van der Waals surface area contributed by atoms with E-state index in [-0.39, 0.29) is 0 Å². The molecule has 0 unspecified atom stereocenters. The number of imidazole rings is 1. The third-order valence-electron chi connectivity index (χ3n) is 2.87. The number of aromatic nitrogens is 2. The minimum atomic E-state index is 0.460. The van der Waals surface area contributed by atoms with E-state index in [2.05, 4.69) is 17.1 Å². The highest BCUT2D eigenvalue weighted by Crippen LogP contribution is 2.26. The summed E-state index contributed by atoms with van der Waals surface area (Å²) in [5, 5.41) is 1.09. The lowest BCUT2D eigenvalue weighted by Gasteiger charge is -2.05. The molecule has 3 rings (SSSR count).